The second-order valence-corrected chi connectivity index (χ2v) is 4.89. The molecule has 1 aliphatic heterocycles. The third-order valence-electron chi connectivity index (χ3n) is 2.35. The maximum atomic E-state index is 5.97. The van der Waals surface area contributed by atoms with E-state index in [4.69, 9.17) is 11.6 Å². The topological polar surface area (TPSA) is 3.24 Å². The molecule has 0 amide bonds. The van der Waals surface area contributed by atoms with Crippen LogP contribution in [-0.2, 0) is 0 Å². The van der Waals surface area contributed by atoms with Crippen LogP contribution in [0.2, 0.25) is 5.02 Å². The van der Waals surface area contributed by atoms with Gasteiger partial charge in [0.15, 0.2) is 0 Å². The monoisotopic (exact) mass is 307 g/mol. The molecule has 2 rings (SSSR count). The van der Waals surface area contributed by atoms with Crippen molar-refractivity contribution in [2.75, 3.05) is 18.0 Å². The summed E-state index contributed by atoms with van der Waals surface area (Å²) >= 11 is 8.33. The summed E-state index contributed by atoms with van der Waals surface area (Å²) in [6.45, 7) is 2.35. The quantitative estimate of drug-likeness (QED) is 0.717. The van der Waals surface area contributed by atoms with Crippen LogP contribution in [-0.4, -0.2) is 13.1 Å². The van der Waals surface area contributed by atoms with E-state index < -0.39 is 0 Å². The Labute approximate surface area is 97.2 Å². The molecule has 0 saturated carbocycles. The van der Waals surface area contributed by atoms with E-state index in [2.05, 4.69) is 39.6 Å². The van der Waals surface area contributed by atoms with Gasteiger partial charge in [0.25, 0.3) is 0 Å². The van der Waals surface area contributed by atoms with Gasteiger partial charge in [0, 0.05) is 21.7 Å². The lowest BCUT2D eigenvalue weighted by molar-refractivity contribution is 0.949. The molecule has 0 aliphatic carbocycles. The summed E-state index contributed by atoms with van der Waals surface area (Å²) in [5, 5.41) is 0.835. The summed E-state index contributed by atoms with van der Waals surface area (Å²) in [6, 6.07) is 6.09. The molecule has 70 valence electrons. The van der Waals surface area contributed by atoms with Gasteiger partial charge in [-0.2, -0.15) is 0 Å². The standard InChI is InChI=1S/C10H11ClIN/c11-8-3-4-9(12)10(7-8)13-5-1-2-6-13/h3-4,7H,1-2,5-6H2. The molecule has 0 aromatic heterocycles. The molecule has 1 heterocycles. The highest BCUT2D eigenvalue weighted by Crippen LogP contribution is 2.28. The molecule has 0 radical (unpaired) electrons. The molecule has 0 N–H and O–H groups in total. The van der Waals surface area contributed by atoms with E-state index in [1.165, 1.54) is 35.2 Å². The van der Waals surface area contributed by atoms with Crippen molar-refractivity contribution in [1.29, 1.82) is 0 Å². The number of hydrogen-bond acceptors (Lipinski definition) is 1. The van der Waals surface area contributed by atoms with Gasteiger partial charge in [-0.1, -0.05) is 11.6 Å². The average Bonchev–Trinajstić information content (AvgIpc) is 2.61. The van der Waals surface area contributed by atoms with Crippen molar-refractivity contribution < 1.29 is 0 Å². The fraction of sp³-hybridized carbons (Fsp3) is 0.400. The fourth-order valence-electron chi connectivity index (χ4n) is 1.69. The minimum absolute atomic E-state index is 0.835. The summed E-state index contributed by atoms with van der Waals surface area (Å²) < 4.78 is 1.30. The van der Waals surface area contributed by atoms with Crippen molar-refractivity contribution in [3.05, 3.63) is 26.8 Å². The maximum absolute atomic E-state index is 5.97. The molecule has 1 aromatic carbocycles. The van der Waals surface area contributed by atoms with E-state index in [0.717, 1.165) is 5.02 Å². The Hall–Kier alpha value is 0.0400. The van der Waals surface area contributed by atoms with Crippen molar-refractivity contribution in [3.8, 4) is 0 Å². The van der Waals surface area contributed by atoms with Crippen LogP contribution in [0, 0.1) is 3.57 Å². The van der Waals surface area contributed by atoms with Gasteiger partial charge in [0.05, 0.1) is 5.69 Å². The van der Waals surface area contributed by atoms with Crippen molar-refractivity contribution in [3.63, 3.8) is 0 Å². The number of benzene rings is 1. The molecule has 1 aromatic rings. The van der Waals surface area contributed by atoms with Crippen molar-refractivity contribution in [2.24, 2.45) is 0 Å². The summed E-state index contributed by atoms with van der Waals surface area (Å²) in [4.78, 5) is 2.41. The lowest BCUT2D eigenvalue weighted by Crippen LogP contribution is -2.18. The first-order chi connectivity index (χ1) is 6.27. The van der Waals surface area contributed by atoms with Crippen LogP contribution >= 0.6 is 34.2 Å². The number of halogens is 2. The minimum atomic E-state index is 0.835. The number of anilines is 1. The van der Waals surface area contributed by atoms with Gasteiger partial charge < -0.3 is 4.90 Å². The van der Waals surface area contributed by atoms with E-state index in [-0.39, 0.29) is 0 Å². The predicted molar refractivity (Wildman–Crippen MR) is 65.6 cm³/mol. The Bertz CT molecular complexity index is 308. The van der Waals surface area contributed by atoms with Crippen molar-refractivity contribution >= 4 is 39.9 Å². The van der Waals surface area contributed by atoms with E-state index in [0.29, 0.717) is 0 Å². The molecule has 3 heteroatoms. The number of nitrogens with zero attached hydrogens (tertiary/aromatic N) is 1. The molecule has 0 atom stereocenters. The third kappa shape index (κ3) is 2.10. The van der Waals surface area contributed by atoms with Crippen LogP contribution in [0.15, 0.2) is 18.2 Å². The molecular formula is C10H11ClIN. The molecule has 1 saturated heterocycles. The second kappa shape index (κ2) is 4.05. The molecule has 0 bridgehead atoms. The Morgan fingerprint density at radius 1 is 1.23 bits per heavy atom. The number of rotatable bonds is 1. The van der Waals surface area contributed by atoms with Crippen molar-refractivity contribution in [1.82, 2.24) is 0 Å². The van der Waals surface area contributed by atoms with Gasteiger partial charge in [0.2, 0.25) is 0 Å². The molecule has 1 fully saturated rings. The zero-order valence-corrected chi connectivity index (χ0v) is 10.2. The Balaban J connectivity index is 2.32. The van der Waals surface area contributed by atoms with Crippen LogP contribution in [0.25, 0.3) is 0 Å². The smallest absolute Gasteiger partial charge is 0.0516 e. The molecule has 1 nitrogen and oxygen atoms in total. The summed E-state index contributed by atoms with van der Waals surface area (Å²) in [5.41, 5.74) is 1.30. The summed E-state index contributed by atoms with van der Waals surface area (Å²) in [5.74, 6) is 0. The van der Waals surface area contributed by atoms with E-state index in [1.54, 1.807) is 0 Å². The van der Waals surface area contributed by atoms with Gasteiger partial charge in [-0.25, -0.2) is 0 Å². The maximum Gasteiger partial charge on any atom is 0.0516 e. The normalized spacial score (nSPS) is 16.6. The Morgan fingerprint density at radius 2 is 1.92 bits per heavy atom. The highest BCUT2D eigenvalue weighted by Gasteiger charge is 2.14. The molecule has 13 heavy (non-hydrogen) atoms. The first-order valence-electron chi connectivity index (χ1n) is 4.47. The third-order valence-corrected chi connectivity index (χ3v) is 3.50. The van der Waals surface area contributed by atoms with Crippen LogP contribution in [0.1, 0.15) is 12.8 Å². The van der Waals surface area contributed by atoms with E-state index >= 15 is 0 Å². The van der Waals surface area contributed by atoms with E-state index in [9.17, 15) is 0 Å². The first-order valence-corrected chi connectivity index (χ1v) is 5.93. The summed E-state index contributed by atoms with van der Waals surface area (Å²) in [6.07, 6.45) is 2.62. The highest BCUT2D eigenvalue weighted by atomic mass is 127. The minimum Gasteiger partial charge on any atom is -0.371 e. The molecule has 0 unspecified atom stereocenters. The fourth-order valence-corrected chi connectivity index (χ4v) is 2.53. The van der Waals surface area contributed by atoms with Crippen molar-refractivity contribution in [2.45, 2.75) is 12.8 Å². The predicted octanol–water partition coefficient (Wildman–Crippen LogP) is 3.54. The lowest BCUT2D eigenvalue weighted by atomic mass is 10.3. The van der Waals surface area contributed by atoms with Crippen LogP contribution in [0.3, 0.4) is 0 Å². The second-order valence-electron chi connectivity index (χ2n) is 3.29. The van der Waals surface area contributed by atoms with Gasteiger partial charge in [-0.3, -0.25) is 0 Å². The average molecular weight is 308 g/mol. The molecule has 0 spiro atoms. The van der Waals surface area contributed by atoms with Crippen LogP contribution in [0.4, 0.5) is 5.69 Å². The van der Waals surface area contributed by atoms with Gasteiger partial charge in [-0.05, 0) is 53.6 Å². The Kier molecular flexibility index (Phi) is 2.99. The van der Waals surface area contributed by atoms with Gasteiger partial charge in [0.1, 0.15) is 0 Å². The number of hydrogen-bond donors (Lipinski definition) is 0. The molecule has 1 aliphatic rings. The largest absolute Gasteiger partial charge is 0.371 e. The Morgan fingerprint density at radius 3 is 2.62 bits per heavy atom. The zero-order chi connectivity index (χ0) is 9.26. The van der Waals surface area contributed by atoms with Gasteiger partial charge in [-0.15, -0.1) is 0 Å². The van der Waals surface area contributed by atoms with E-state index in [1.807, 2.05) is 6.07 Å². The van der Waals surface area contributed by atoms with Crippen LogP contribution < -0.4 is 4.90 Å². The SMILES string of the molecule is Clc1ccc(I)c(N2CCCC2)c1. The van der Waals surface area contributed by atoms with Gasteiger partial charge >= 0.3 is 0 Å². The zero-order valence-electron chi connectivity index (χ0n) is 7.26. The summed E-state index contributed by atoms with van der Waals surface area (Å²) in [7, 11) is 0. The molecular weight excluding hydrogens is 296 g/mol. The lowest BCUT2D eigenvalue weighted by Gasteiger charge is -2.19. The first kappa shape index (κ1) is 9.59. The highest BCUT2D eigenvalue weighted by molar-refractivity contribution is 14.1. The van der Waals surface area contributed by atoms with Crippen LogP contribution in [0.5, 0.6) is 0 Å².